The van der Waals surface area contributed by atoms with Gasteiger partial charge in [0.1, 0.15) is 6.61 Å². The molecule has 2 N–H and O–H groups in total. The van der Waals surface area contributed by atoms with Crippen molar-refractivity contribution >= 4 is 5.91 Å². The lowest BCUT2D eigenvalue weighted by atomic mass is 9.99. The molecule has 5 heteroatoms. The van der Waals surface area contributed by atoms with E-state index in [1.54, 1.807) is 25.2 Å². The number of ether oxygens (including phenoxy) is 1. The smallest absolute Gasteiger partial charge is 0.224 e. The monoisotopic (exact) mass is 331 g/mol. The molecule has 0 aliphatic carbocycles. The van der Waals surface area contributed by atoms with Gasteiger partial charge in [0.25, 0.3) is 0 Å². The van der Waals surface area contributed by atoms with Gasteiger partial charge in [0, 0.05) is 7.05 Å². The van der Waals surface area contributed by atoms with Crippen molar-refractivity contribution in [2.75, 3.05) is 7.05 Å². The molecule has 0 heterocycles. The molecule has 0 fully saturated rings. The van der Waals surface area contributed by atoms with Gasteiger partial charge >= 0.3 is 0 Å². The SMILES string of the molecule is CNC(=O)Cc1cccc(CO)c1COc1cc(C)c(C)cc1F. The van der Waals surface area contributed by atoms with Crippen molar-refractivity contribution in [3.8, 4) is 5.75 Å². The zero-order chi connectivity index (χ0) is 17.7. The van der Waals surface area contributed by atoms with Gasteiger partial charge < -0.3 is 15.2 Å². The number of carbonyl (C=O) groups is 1. The van der Waals surface area contributed by atoms with Gasteiger partial charge in [-0.2, -0.15) is 0 Å². The van der Waals surface area contributed by atoms with Crippen LogP contribution in [0.2, 0.25) is 0 Å². The molecule has 128 valence electrons. The number of hydrogen-bond donors (Lipinski definition) is 2. The fourth-order valence-corrected chi connectivity index (χ4v) is 2.46. The molecule has 0 aliphatic heterocycles. The standard InChI is InChI=1S/C19H22FNO3/c1-12-7-17(20)18(8-13(12)2)24-11-16-14(9-19(23)21-3)5-4-6-15(16)10-22/h4-8,22H,9-11H2,1-3H3,(H,21,23). The summed E-state index contributed by atoms with van der Waals surface area (Å²) in [4.78, 5) is 11.7. The second-order valence-corrected chi connectivity index (χ2v) is 5.72. The van der Waals surface area contributed by atoms with Crippen LogP contribution in [0.1, 0.15) is 27.8 Å². The Morgan fingerprint density at radius 2 is 1.88 bits per heavy atom. The highest BCUT2D eigenvalue weighted by Crippen LogP contribution is 2.24. The number of aliphatic hydroxyl groups is 1. The van der Waals surface area contributed by atoms with E-state index in [2.05, 4.69) is 5.32 Å². The number of amides is 1. The molecule has 2 aromatic rings. The Kier molecular flexibility index (Phi) is 5.93. The second-order valence-electron chi connectivity index (χ2n) is 5.72. The average Bonchev–Trinajstić information content (AvgIpc) is 2.57. The van der Waals surface area contributed by atoms with Crippen molar-refractivity contribution in [1.29, 1.82) is 0 Å². The van der Waals surface area contributed by atoms with E-state index in [4.69, 9.17) is 4.74 Å². The highest BCUT2D eigenvalue weighted by Gasteiger charge is 2.13. The molecule has 24 heavy (non-hydrogen) atoms. The Balaban J connectivity index is 2.28. The van der Waals surface area contributed by atoms with E-state index >= 15 is 0 Å². The van der Waals surface area contributed by atoms with Crippen LogP contribution >= 0.6 is 0 Å². The number of carbonyl (C=O) groups excluding carboxylic acids is 1. The van der Waals surface area contributed by atoms with Crippen molar-refractivity contribution < 1.29 is 19.0 Å². The first-order valence-corrected chi connectivity index (χ1v) is 7.77. The van der Waals surface area contributed by atoms with Crippen molar-refractivity contribution in [2.24, 2.45) is 0 Å². The number of aliphatic hydroxyl groups excluding tert-OH is 1. The highest BCUT2D eigenvalue weighted by molar-refractivity contribution is 5.78. The van der Waals surface area contributed by atoms with E-state index in [1.807, 2.05) is 19.9 Å². The fourth-order valence-electron chi connectivity index (χ4n) is 2.46. The second kappa shape index (κ2) is 7.93. The van der Waals surface area contributed by atoms with Crippen LogP contribution in [0, 0.1) is 19.7 Å². The van der Waals surface area contributed by atoms with Gasteiger partial charge in [-0.1, -0.05) is 18.2 Å². The normalized spacial score (nSPS) is 10.5. The molecule has 0 atom stereocenters. The van der Waals surface area contributed by atoms with E-state index in [-0.39, 0.29) is 31.3 Å². The lowest BCUT2D eigenvalue weighted by Gasteiger charge is -2.15. The summed E-state index contributed by atoms with van der Waals surface area (Å²) in [5.41, 5.74) is 3.93. The van der Waals surface area contributed by atoms with Crippen LogP contribution in [-0.2, 0) is 24.4 Å². The molecule has 0 aromatic heterocycles. The third kappa shape index (κ3) is 4.11. The third-order valence-electron chi connectivity index (χ3n) is 4.09. The summed E-state index contributed by atoms with van der Waals surface area (Å²) in [5, 5.41) is 12.1. The van der Waals surface area contributed by atoms with E-state index in [0.717, 1.165) is 16.7 Å². The maximum Gasteiger partial charge on any atom is 0.224 e. The molecule has 2 aromatic carbocycles. The summed E-state index contributed by atoms with van der Waals surface area (Å²) >= 11 is 0. The lowest BCUT2D eigenvalue weighted by molar-refractivity contribution is -0.119. The largest absolute Gasteiger partial charge is 0.486 e. The Morgan fingerprint density at radius 3 is 2.54 bits per heavy atom. The zero-order valence-corrected chi connectivity index (χ0v) is 14.1. The van der Waals surface area contributed by atoms with E-state index in [9.17, 15) is 14.3 Å². The molecule has 1 amide bonds. The Morgan fingerprint density at radius 1 is 1.21 bits per heavy atom. The minimum absolute atomic E-state index is 0.0858. The summed E-state index contributed by atoms with van der Waals surface area (Å²) in [7, 11) is 1.57. The van der Waals surface area contributed by atoms with Gasteiger partial charge in [-0.25, -0.2) is 4.39 Å². The maximum atomic E-state index is 14.0. The van der Waals surface area contributed by atoms with Gasteiger partial charge in [-0.3, -0.25) is 4.79 Å². The van der Waals surface area contributed by atoms with Crippen LogP contribution in [0.5, 0.6) is 5.75 Å². The number of aryl methyl sites for hydroxylation is 2. The first kappa shape index (κ1) is 17.9. The summed E-state index contributed by atoms with van der Waals surface area (Å²) in [6.07, 6.45) is 0.179. The minimum atomic E-state index is -0.424. The van der Waals surface area contributed by atoms with Crippen LogP contribution in [0.3, 0.4) is 0 Å². The van der Waals surface area contributed by atoms with Crippen LogP contribution in [-0.4, -0.2) is 18.1 Å². The molecular weight excluding hydrogens is 309 g/mol. The van der Waals surface area contributed by atoms with Crippen molar-refractivity contribution in [1.82, 2.24) is 5.32 Å². The summed E-state index contributed by atoms with van der Waals surface area (Å²) in [6, 6.07) is 8.45. The molecule has 0 aliphatic rings. The summed E-state index contributed by atoms with van der Waals surface area (Å²) < 4.78 is 19.7. The Labute approximate surface area is 141 Å². The van der Waals surface area contributed by atoms with Gasteiger partial charge in [0.05, 0.1) is 13.0 Å². The zero-order valence-electron chi connectivity index (χ0n) is 14.1. The molecular formula is C19H22FNO3. The number of hydrogen-bond acceptors (Lipinski definition) is 3. The van der Waals surface area contributed by atoms with Gasteiger partial charge in [0.2, 0.25) is 5.91 Å². The van der Waals surface area contributed by atoms with Crippen molar-refractivity contribution in [2.45, 2.75) is 33.5 Å². The minimum Gasteiger partial charge on any atom is -0.486 e. The summed E-state index contributed by atoms with van der Waals surface area (Å²) in [6.45, 7) is 3.64. The first-order chi connectivity index (χ1) is 11.5. The molecule has 4 nitrogen and oxygen atoms in total. The molecule has 0 saturated carbocycles. The number of rotatable bonds is 6. The van der Waals surface area contributed by atoms with Crippen LogP contribution in [0.15, 0.2) is 30.3 Å². The van der Waals surface area contributed by atoms with E-state index in [0.29, 0.717) is 11.1 Å². The van der Waals surface area contributed by atoms with Gasteiger partial charge in [0.15, 0.2) is 11.6 Å². The van der Waals surface area contributed by atoms with Crippen LogP contribution in [0.4, 0.5) is 4.39 Å². The van der Waals surface area contributed by atoms with E-state index in [1.165, 1.54) is 6.07 Å². The van der Waals surface area contributed by atoms with Crippen LogP contribution in [0.25, 0.3) is 0 Å². The van der Waals surface area contributed by atoms with Crippen molar-refractivity contribution in [3.05, 3.63) is 64.0 Å². The quantitative estimate of drug-likeness (QED) is 0.856. The molecule has 0 unspecified atom stereocenters. The van der Waals surface area contributed by atoms with Crippen LogP contribution < -0.4 is 10.1 Å². The number of nitrogens with one attached hydrogen (secondary N) is 1. The molecule has 0 spiro atoms. The highest BCUT2D eigenvalue weighted by atomic mass is 19.1. The van der Waals surface area contributed by atoms with E-state index < -0.39 is 5.82 Å². The van der Waals surface area contributed by atoms with Gasteiger partial charge in [-0.05, 0) is 53.8 Å². The third-order valence-corrected chi connectivity index (χ3v) is 4.09. The topological polar surface area (TPSA) is 58.6 Å². The molecule has 0 radical (unpaired) electrons. The fraction of sp³-hybridized carbons (Fsp3) is 0.316. The Bertz CT molecular complexity index is 744. The number of likely N-dealkylation sites (N-methyl/N-ethyl adjacent to an activating group) is 1. The lowest BCUT2D eigenvalue weighted by Crippen LogP contribution is -2.21. The predicted molar refractivity (Wildman–Crippen MR) is 90.3 cm³/mol. The average molecular weight is 331 g/mol. The van der Waals surface area contributed by atoms with Gasteiger partial charge in [-0.15, -0.1) is 0 Å². The maximum absolute atomic E-state index is 14.0. The number of halogens is 1. The number of benzene rings is 2. The molecule has 0 bridgehead atoms. The van der Waals surface area contributed by atoms with Crippen molar-refractivity contribution in [3.63, 3.8) is 0 Å². The predicted octanol–water partition coefficient (Wildman–Crippen LogP) is 2.80. The molecule has 2 rings (SSSR count). The summed E-state index contributed by atoms with van der Waals surface area (Å²) in [5.74, 6) is -0.395. The Hall–Kier alpha value is -2.40. The molecule has 0 saturated heterocycles. The first-order valence-electron chi connectivity index (χ1n) is 7.77.